The Hall–Kier alpha value is -2.71. The van der Waals surface area contributed by atoms with Crippen molar-refractivity contribution >= 4 is 67.8 Å². The number of hydrogen-bond donors (Lipinski definition) is 2. The van der Waals surface area contributed by atoms with Gasteiger partial charge in [-0.05, 0) is 48.5 Å². The van der Waals surface area contributed by atoms with Crippen molar-refractivity contribution in [3.8, 4) is 0 Å². The molecule has 0 unspecified atom stereocenters. The predicted molar refractivity (Wildman–Crippen MR) is 126 cm³/mol. The number of anilines is 4. The molecule has 0 aliphatic heterocycles. The first-order valence-corrected chi connectivity index (χ1v) is 11.6. The fourth-order valence-electron chi connectivity index (χ4n) is 2.80. The Morgan fingerprint density at radius 3 is 1.87 bits per heavy atom. The third-order valence-corrected chi connectivity index (χ3v) is 6.80. The zero-order valence-corrected chi connectivity index (χ0v) is 18.8. The molecule has 0 aliphatic carbocycles. The van der Waals surface area contributed by atoms with Crippen molar-refractivity contribution in [3.63, 3.8) is 0 Å². The van der Waals surface area contributed by atoms with E-state index in [9.17, 15) is 8.42 Å². The van der Waals surface area contributed by atoms with Crippen LogP contribution in [-0.2, 0) is 10.0 Å². The first-order chi connectivity index (χ1) is 14.8. The maximum atomic E-state index is 13.3. The number of hydrogen-bond acceptors (Lipinski definition) is 5. The molecule has 2 N–H and O–H groups in total. The number of rotatable bonds is 6. The van der Waals surface area contributed by atoms with Gasteiger partial charge >= 0.3 is 0 Å². The summed E-state index contributed by atoms with van der Waals surface area (Å²) in [4.78, 5) is 0.0338. The molecule has 0 saturated carbocycles. The lowest BCUT2D eigenvalue weighted by Crippen LogP contribution is -2.17. The predicted octanol–water partition coefficient (Wildman–Crippen LogP) is 6.57. The average Bonchev–Trinajstić information content (AvgIpc) is 3.15. The quantitative estimate of drug-likeness (QED) is 0.318. The van der Waals surface area contributed by atoms with E-state index in [-0.39, 0.29) is 16.5 Å². The number of benzene rings is 3. The van der Waals surface area contributed by atoms with Crippen molar-refractivity contribution in [3.05, 3.63) is 93.9 Å². The van der Waals surface area contributed by atoms with Crippen molar-refractivity contribution < 1.29 is 8.42 Å². The van der Waals surface area contributed by atoms with Crippen LogP contribution in [0, 0.1) is 0 Å². The number of nitrogens with zero attached hydrogens (tertiary/aromatic N) is 2. The van der Waals surface area contributed by atoms with Gasteiger partial charge in [0.1, 0.15) is 5.82 Å². The summed E-state index contributed by atoms with van der Waals surface area (Å²) in [5.41, 5.74) is 1.11. The molecule has 0 aliphatic rings. The molecule has 4 rings (SSSR count). The summed E-state index contributed by atoms with van der Waals surface area (Å²) in [6.07, 6.45) is 0. The minimum atomic E-state index is -4.03. The molecule has 1 heterocycles. The molecule has 1 aromatic heterocycles. The van der Waals surface area contributed by atoms with E-state index < -0.39 is 10.0 Å². The van der Waals surface area contributed by atoms with Crippen LogP contribution in [0.3, 0.4) is 0 Å². The van der Waals surface area contributed by atoms with Gasteiger partial charge in [0.2, 0.25) is 0 Å². The average molecular weight is 494 g/mol. The zero-order chi connectivity index (χ0) is 22.0. The lowest BCUT2D eigenvalue weighted by Gasteiger charge is -2.11. The molecule has 0 fully saturated rings. The summed E-state index contributed by atoms with van der Waals surface area (Å²) >= 11 is 18.4. The minimum absolute atomic E-state index is 0.0338. The third-order valence-electron chi connectivity index (χ3n) is 4.29. The Bertz CT molecular complexity index is 1340. The Morgan fingerprint density at radius 2 is 1.29 bits per heavy atom. The van der Waals surface area contributed by atoms with Crippen LogP contribution in [0.25, 0.3) is 0 Å². The lowest BCUT2D eigenvalue weighted by molar-refractivity contribution is 0.581. The molecule has 0 atom stereocenters. The Balaban J connectivity index is 1.80. The van der Waals surface area contributed by atoms with Gasteiger partial charge in [0.05, 0.1) is 26.3 Å². The van der Waals surface area contributed by atoms with Crippen LogP contribution >= 0.6 is 34.8 Å². The zero-order valence-electron chi connectivity index (χ0n) is 15.8. The van der Waals surface area contributed by atoms with Gasteiger partial charge in [-0.25, -0.2) is 0 Å². The molecule has 0 amide bonds. The normalized spacial score (nSPS) is 11.3. The number of para-hydroxylation sites is 2. The summed E-state index contributed by atoms with van der Waals surface area (Å²) in [6.45, 7) is 0. The number of nitrogens with one attached hydrogen (secondary N) is 2. The second-order valence-corrected chi connectivity index (χ2v) is 9.44. The summed E-state index contributed by atoms with van der Waals surface area (Å²) < 4.78 is 27.5. The van der Waals surface area contributed by atoms with Crippen molar-refractivity contribution in [1.29, 1.82) is 0 Å². The molecular formula is C21H15Cl3N4O2S. The highest BCUT2D eigenvalue weighted by Gasteiger charge is 2.23. The second kappa shape index (κ2) is 8.80. The molecule has 3 aromatic carbocycles. The van der Waals surface area contributed by atoms with Crippen LogP contribution in [0.2, 0.25) is 15.1 Å². The minimum Gasteiger partial charge on any atom is -0.338 e. The first kappa shape index (κ1) is 21.5. The van der Waals surface area contributed by atoms with Gasteiger partial charge in [-0.15, -0.1) is 9.19 Å². The Kier molecular flexibility index (Phi) is 6.11. The van der Waals surface area contributed by atoms with E-state index in [4.69, 9.17) is 34.8 Å². The van der Waals surface area contributed by atoms with Gasteiger partial charge in [-0.3, -0.25) is 0 Å². The van der Waals surface area contributed by atoms with Gasteiger partial charge in [-0.2, -0.15) is 8.42 Å². The second-order valence-electron chi connectivity index (χ2n) is 6.43. The molecule has 10 heteroatoms. The van der Waals surface area contributed by atoms with Crippen LogP contribution in [0.4, 0.5) is 23.0 Å². The van der Waals surface area contributed by atoms with E-state index in [1.54, 1.807) is 54.6 Å². The molecule has 4 aromatic rings. The van der Waals surface area contributed by atoms with Crippen molar-refractivity contribution in [1.82, 2.24) is 9.19 Å². The van der Waals surface area contributed by atoms with E-state index in [0.717, 1.165) is 4.09 Å². The molecule has 0 spiro atoms. The number of aromatic nitrogens is 2. The number of halogens is 3. The van der Waals surface area contributed by atoms with Crippen LogP contribution in [-0.4, -0.2) is 17.6 Å². The summed E-state index contributed by atoms with van der Waals surface area (Å²) in [6, 6.07) is 21.5. The third kappa shape index (κ3) is 4.65. The molecule has 158 valence electrons. The molecule has 31 heavy (non-hydrogen) atoms. The maximum Gasteiger partial charge on any atom is 0.284 e. The fourth-order valence-corrected chi connectivity index (χ4v) is 4.53. The van der Waals surface area contributed by atoms with Gasteiger partial charge in [-0.1, -0.05) is 59.1 Å². The van der Waals surface area contributed by atoms with E-state index in [1.807, 2.05) is 0 Å². The molecule has 6 nitrogen and oxygen atoms in total. The smallest absolute Gasteiger partial charge is 0.284 e. The van der Waals surface area contributed by atoms with Crippen LogP contribution in [0.15, 0.2) is 83.8 Å². The van der Waals surface area contributed by atoms with Gasteiger partial charge in [0.25, 0.3) is 10.0 Å². The molecule has 0 saturated heterocycles. The van der Waals surface area contributed by atoms with Gasteiger partial charge < -0.3 is 10.6 Å². The topological polar surface area (TPSA) is 76.0 Å². The molecule has 0 radical (unpaired) electrons. The highest BCUT2D eigenvalue weighted by Crippen LogP contribution is 2.31. The summed E-state index contributed by atoms with van der Waals surface area (Å²) in [5, 5.41) is 11.7. The van der Waals surface area contributed by atoms with Crippen LogP contribution in [0.1, 0.15) is 0 Å². The standard InChI is InChI=1S/C21H15Cl3N4O2S/c22-14-9-11-15(12-10-14)31(29,30)28-21(26-19-8-4-2-6-17(19)24)13-20(27-28)25-18-7-3-1-5-16(18)23/h1-13,26H,(H,25,27). The molecule has 0 bridgehead atoms. The van der Waals surface area contributed by atoms with Crippen LogP contribution in [0.5, 0.6) is 0 Å². The Labute approximate surface area is 194 Å². The van der Waals surface area contributed by atoms with E-state index in [2.05, 4.69) is 15.7 Å². The van der Waals surface area contributed by atoms with E-state index in [0.29, 0.717) is 26.4 Å². The summed E-state index contributed by atoms with van der Waals surface area (Å²) in [5.74, 6) is 0.470. The van der Waals surface area contributed by atoms with Crippen molar-refractivity contribution in [2.24, 2.45) is 0 Å². The Morgan fingerprint density at radius 1 is 0.742 bits per heavy atom. The van der Waals surface area contributed by atoms with Crippen LogP contribution < -0.4 is 10.6 Å². The SMILES string of the molecule is O=S(=O)(c1ccc(Cl)cc1)n1nc(Nc2ccccc2Cl)cc1Nc1ccccc1Cl. The monoisotopic (exact) mass is 492 g/mol. The maximum absolute atomic E-state index is 13.3. The van der Waals surface area contributed by atoms with Crippen molar-refractivity contribution in [2.45, 2.75) is 4.90 Å². The fraction of sp³-hybridized carbons (Fsp3) is 0. The van der Waals surface area contributed by atoms with Gasteiger partial charge in [0.15, 0.2) is 5.82 Å². The van der Waals surface area contributed by atoms with E-state index >= 15 is 0 Å². The lowest BCUT2D eigenvalue weighted by atomic mass is 10.3. The largest absolute Gasteiger partial charge is 0.338 e. The van der Waals surface area contributed by atoms with Gasteiger partial charge in [0, 0.05) is 11.1 Å². The summed E-state index contributed by atoms with van der Waals surface area (Å²) in [7, 11) is -4.03. The first-order valence-electron chi connectivity index (χ1n) is 8.99. The highest BCUT2D eigenvalue weighted by molar-refractivity contribution is 7.90. The highest BCUT2D eigenvalue weighted by atomic mass is 35.5. The van der Waals surface area contributed by atoms with E-state index in [1.165, 1.54) is 24.3 Å². The van der Waals surface area contributed by atoms with Crippen molar-refractivity contribution in [2.75, 3.05) is 10.6 Å². The molecular weight excluding hydrogens is 479 g/mol.